The molecule has 104 valence electrons. The maximum absolute atomic E-state index is 13.8. The van der Waals surface area contributed by atoms with Gasteiger partial charge in [-0.25, -0.2) is 4.39 Å². The van der Waals surface area contributed by atoms with Crippen molar-refractivity contribution < 1.29 is 4.39 Å². The highest BCUT2D eigenvalue weighted by molar-refractivity contribution is 6.30. The van der Waals surface area contributed by atoms with Gasteiger partial charge in [-0.2, -0.15) is 0 Å². The van der Waals surface area contributed by atoms with Gasteiger partial charge < -0.3 is 10.6 Å². The van der Waals surface area contributed by atoms with Crippen LogP contribution in [-0.2, 0) is 6.54 Å². The molecule has 0 atom stereocenters. The van der Waals surface area contributed by atoms with Crippen molar-refractivity contribution in [2.75, 3.05) is 11.9 Å². The second-order valence-corrected chi connectivity index (χ2v) is 4.94. The highest BCUT2D eigenvalue weighted by atomic mass is 35.5. The van der Waals surface area contributed by atoms with Crippen LogP contribution in [0.25, 0.3) is 0 Å². The molecule has 0 aliphatic heterocycles. The van der Waals surface area contributed by atoms with Gasteiger partial charge in [-0.3, -0.25) is 5.41 Å². The molecule has 0 heterocycles. The number of anilines is 1. The van der Waals surface area contributed by atoms with Crippen LogP contribution in [-0.4, -0.2) is 12.9 Å². The minimum Gasteiger partial charge on any atom is -0.384 e. The smallest absolute Gasteiger partial charge is 0.146 e. The molecule has 0 amide bonds. The summed E-state index contributed by atoms with van der Waals surface area (Å²) in [6.07, 6.45) is 0. The first kappa shape index (κ1) is 14.3. The van der Waals surface area contributed by atoms with Crippen molar-refractivity contribution in [2.45, 2.75) is 6.54 Å². The van der Waals surface area contributed by atoms with Crippen LogP contribution >= 0.6 is 11.6 Å². The summed E-state index contributed by atoms with van der Waals surface area (Å²) in [6, 6.07) is 12.2. The molecule has 0 spiro atoms. The Morgan fingerprint density at radius 1 is 1.25 bits per heavy atom. The van der Waals surface area contributed by atoms with Crippen molar-refractivity contribution in [3.63, 3.8) is 0 Å². The van der Waals surface area contributed by atoms with E-state index in [0.717, 1.165) is 5.69 Å². The summed E-state index contributed by atoms with van der Waals surface area (Å²) < 4.78 is 13.8. The maximum atomic E-state index is 13.8. The topological polar surface area (TPSA) is 53.1 Å². The van der Waals surface area contributed by atoms with Crippen LogP contribution in [0, 0.1) is 11.2 Å². The van der Waals surface area contributed by atoms with E-state index < -0.39 is 0 Å². The highest BCUT2D eigenvalue weighted by Gasteiger charge is 2.09. The van der Waals surface area contributed by atoms with Gasteiger partial charge in [0.05, 0.1) is 5.02 Å². The third-order valence-corrected chi connectivity index (χ3v) is 3.35. The molecule has 3 nitrogen and oxygen atoms in total. The quantitative estimate of drug-likeness (QED) is 0.670. The zero-order valence-corrected chi connectivity index (χ0v) is 11.8. The summed E-state index contributed by atoms with van der Waals surface area (Å²) in [6.45, 7) is 0.409. The summed E-state index contributed by atoms with van der Waals surface area (Å²) in [5.74, 6) is -0.360. The Morgan fingerprint density at radius 3 is 2.50 bits per heavy atom. The van der Waals surface area contributed by atoms with Crippen molar-refractivity contribution in [3.05, 3.63) is 64.4 Å². The van der Waals surface area contributed by atoms with Crippen molar-refractivity contribution in [2.24, 2.45) is 5.73 Å². The SMILES string of the molecule is CN(Cc1cccc(Cl)c1F)c1ccc(C(=N)N)cc1. The average molecular weight is 292 g/mol. The second kappa shape index (κ2) is 5.92. The average Bonchev–Trinajstić information content (AvgIpc) is 2.44. The molecule has 20 heavy (non-hydrogen) atoms. The largest absolute Gasteiger partial charge is 0.384 e. The van der Waals surface area contributed by atoms with Crippen LogP contribution < -0.4 is 10.6 Å². The monoisotopic (exact) mass is 291 g/mol. The molecule has 0 aliphatic rings. The third-order valence-electron chi connectivity index (χ3n) is 3.06. The number of amidine groups is 1. The molecule has 0 saturated heterocycles. The lowest BCUT2D eigenvalue weighted by Gasteiger charge is -2.20. The van der Waals surface area contributed by atoms with E-state index in [2.05, 4.69) is 0 Å². The van der Waals surface area contributed by atoms with Crippen LogP contribution in [0.1, 0.15) is 11.1 Å². The summed E-state index contributed by atoms with van der Waals surface area (Å²) in [5, 5.41) is 7.47. The standard InChI is InChI=1S/C15H15ClFN3/c1-20(9-11-3-2-4-13(16)14(11)17)12-7-5-10(6-8-12)15(18)19/h2-8H,9H2,1H3,(H3,18,19). The summed E-state index contributed by atoms with van der Waals surface area (Å²) in [4.78, 5) is 1.90. The predicted molar refractivity (Wildman–Crippen MR) is 81.0 cm³/mol. The number of benzene rings is 2. The third kappa shape index (κ3) is 3.08. The van der Waals surface area contributed by atoms with Crippen LogP contribution in [0.5, 0.6) is 0 Å². The molecule has 0 aliphatic carbocycles. The molecule has 5 heteroatoms. The Bertz CT molecular complexity index is 626. The Kier molecular flexibility index (Phi) is 4.25. The van der Waals surface area contributed by atoms with Gasteiger partial charge in [-0.05, 0) is 30.3 Å². The lowest BCUT2D eigenvalue weighted by molar-refractivity contribution is 0.608. The van der Waals surface area contributed by atoms with Crippen LogP contribution in [0.15, 0.2) is 42.5 Å². The normalized spacial score (nSPS) is 10.3. The summed E-state index contributed by atoms with van der Waals surface area (Å²) in [5.41, 5.74) is 7.52. The maximum Gasteiger partial charge on any atom is 0.146 e. The molecule has 0 aromatic heterocycles. The van der Waals surface area contributed by atoms with Crippen LogP contribution in [0.4, 0.5) is 10.1 Å². The minimum absolute atomic E-state index is 0.0279. The first-order valence-electron chi connectivity index (χ1n) is 6.07. The Hall–Kier alpha value is -2.07. The van der Waals surface area contributed by atoms with E-state index in [4.69, 9.17) is 22.7 Å². The molecule has 2 aromatic rings. The van der Waals surface area contributed by atoms with Gasteiger partial charge in [0.2, 0.25) is 0 Å². The van der Waals surface area contributed by atoms with E-state index in [-0.39, 0.29) is 16.7 Å². The molecular weight excluding hydrogens is 277 g/mol. The number of nitrogen functional groups attached to an aromatic ring is 1. The molecule has 0 fully saturated rings. The van der Waals surface area contributed by atoms with E-state index in [1.54, 1.807) is 24.3 Å². The minimum atomic E-state index is -0.388. The number of halogens is 2. The number of nitrogens with one attached hydrogen (secondary N) is 1. The van der Waals surface area contributed by atoms with E-state index >= 15 is 0 Å². The van der Waals surface area contributed by atoms with E-state index in [9.17, 15) is 4.39 Å². The Balaban J connectivity index is 2.17. The zero-order chi connectivity index (χ0) is 14.7. The number of rotatable bonds is 4. The molecule has 0 saturated carbocycles. The fourth-order valence-corrected chi connectivity index (χ4v) is 2.11. The molecular formula is C15H15ClFN3. The van der Waals surface area contributed by atoms with Gasteiger partial charge >= 0.3 is 0 Å². The first-order chi connectivity index (χ1) is 9.49. The van der Waals surface area contributed by atoms with E-state index in [0.29, 0.717) is 17.7 Å². The van der Waals surface area contributed by atoms with Gasteiger partial charge in [0.15, 0.2) is 0 Å². The van der Waals surface area contributed by atoms with Gasteiger partial charge in [0.1, 0.15) is 11.7 Å². The number of nitrogens with two attached hydrogens (primary N) is 1. The van der Waals surface area contributed by atoms with Gasteiger partial charge in [0.25, 0.3) is 0 Å². The zero-order valence-electron chi connectivity index (χ0n) is 11.0. The second-order valence-electron chi connectivity index (χ2n) is 4.53. The lowest BCUT2D eigenvalue weighted by Crippen LogP contribution is -2.18. The fraction of sp³-hybridized carbons (Fsp3) is 0.133. The molecule has 2 aromatic carbocycles. The lowest BCUT2D eigenvalue weighted by atomic mass is 10.1. The Morgan fingerprint density at radius 2 is 1.90 bits per heavy atom. The van der Waals surface area contributed by atoms with Crippen molar-refractivity contribution in [3.8, 4) is 0 Å². The predicted octanol–water partition coefficient (Wildman–Crippen LogP) is 3.40. The van der Waals surface area contributed by atoms with Crippen LogP contribution in [0.3, 0.4) is 0 Å². The first-order valence-corrected chi connectivity index (χ1v) is 6.45. The summed E-state index contributed by atoms with van der Waals surface area (Å²) in [7, 11) is 1.86. The molecule has 0 unspecified atom stereocenters. The van der Waals surface area contributed by atoms with Gasteiger partial charge in [-0.1, -0.05) is 23.7 Å². The fourth-order valence-electron chi connectivity index (χ4n) is 1.91. The number of nitrogens with zero attached hydrogens (tertiary/aromatic N) is 1. The molecule has 0 bridgehead atoms. The van der Waals surface area contributed by atoms with E-state index in [1.165, 1.54) is 6.07 Å². The van der Waals surface area contributed by atoms with Crippen LogP contribution in [0.2, 0.25) is 5.02 Å². The van der Waals surface area contributed by atoms with Crippen molar-refractivity contribution in [1.29, 1.82) is 5.41 Å². The van der Waals surface area contributed by atoms with Crippen molar-refractivity contribution >= 4 is 23.1 Å². The van der Waals surface area contributed by atoms with Gasteiger partial charge in [0, 0.05) is 30.4 Å². The number of hydrogen-bond acceptors (Lipinski definition) is 2. The van der Waals surface area contributed by atoms with Crippen molar-refractivity contribution in [1.82, 2.24) is 0 Å². The molecule has 2 rings (SSSR count). The number of hydrogen-bond donors (Lipinski definition) is 2. The summed E-state index contributed by atoms with van der Waals surface area (Å²) >= 11 is 5.77. The van der Waals surface area contributed by atoms with Gasteiger partial charge in [-0.15, -0.1) is 0 Å². The molecule has 3 N–H and O–H groups in total. The Labute approximate surface area is 122 Å². The molecule has 0 radical (unpaired) electrons. The van der Waals surface area contributed by atoms with E-state index in [1.807, 2.05) is 24.1 Å². The highest BCUT2D eigenvalue weighted by Crippen LogP contribution is 2.21.